The van der Waals surface area contributed by atoms with Crippen LogP contribution in [0, 0.1) is 0 Å². The van der Waals surface area contributed by atoms with E-state index in [1.54, 1.807) is 6.07 Å². The lowest BCUT2D eigenvalue weighted by atomic mass is 9.12. The van der Waals surface area contributed by atoms with Crippen molar-refractivity contribution in [2.75, 3.05) is 0 Å². The Balaban J connectivity index is 0.000000408. The first-order valence-electron chi connectivity index (χ1n) is 20.7. The molecule has 0 amide bonds. The van der Waals surface area contributed by atoms with Gasteiger partial charge in [0.05, 0.1) is 54.9 Å². The van der Waals surface area contributed by atoms with Gasteiger partial charge in [-0.05, 0) is 41.9 Å². The fourth-order valence-electron chi connectivity index (χ4n) is 8.28. The zero-order valence-electron chi connectivity index (χ0n) is 36.8. The third-order valence-corrected chi connectivity index (χ3v) is 12.2. The van der Waals surface area contributed by atoms with Gasteiger partial charge in [-0.15, -0.1) is 0 Å². The highest BCUT2D eigenvalue weighted by Crippen LogP contribution is 2.41. The number of alkyl halides is 24. The number of rotatable bonds is 6. The SMILES string of the molecule is Clc1cc(Cl)[n+](Cc2ccccc2)c2ccccc12.FC(F)(F)c1cc([B-](c2cc(C(F)(F)F)cc(C(F)(F)F)c2)(c2cc(C(F)(F)F)cc(C(F)(F)F)c2)c2cc(C(F)(F)F)cc(C(F)(F)F)c2)cc(C(F)(F)F)c1. The standard InChI is InChI=1S/C32H12BF24.C16H12Cl2N/c34-25(35,36)13-1-14(26(37,38)39)6-21(5-13)33(22-7-15(27(40,41)42)2-16(8-22)28(43,44)45,23-9-17(29(46,47)48)3-18(10-23)30(49,50)51)24-11-19(31(52,53)54)4-20(12-24)32(55,56)57;17-14-10-16(18)19(11-12-6-2-1-3-7-12)15-9-5-4-8-13(14)15/h1-12H;1-10H,11H2/q-1;+1. The molecule has 0 aliphatic rings. The van der Waals surface area contributed by atoms with Gasteiger partial charge in [-0.3, -0.25) is 0 Å². The molecule has 0 atom stereocenters. The maximum absolute atomic E-state index is 14.2. The van der Waals surface area contributed by atoms with Crippen LogP contribution in [0.4, 0.5) is 105 Å². The Hall–Kier alpha value is -6.31. The van der Waals surface area contributed by atoms with E-state index in [0.717, 1.165) is 17.4 Å². The van der Waals surface area contributed by atoms with Crippen molar-refractivity contribution in [2.45, 2.75) is 56.0 Å². The van der Waals surface area contributed by atoms with Gasteiger partial charge >= 0.3 is 49.4 Å². The Kier molecular flexibility index (Phi) is 15.7. The van der Waals surface area contributed by atoms with Gasteiger partial charge in [0.1, 0.15) is 6.15 Å². The van der Waals surface area contributed by atoms with Gasteiger partial charge in [-0.25, -0.2) is 0 Å². The summed E-state index contributed by atoms with van der Waals surface area (Å²) >= 11 is 12.6. The normalized spacial score (nSPS) is 13.4. The van der Waals surface area contributed by atoms with E-state index in [2.05, 4.69) is 16.7 Å². The summed E-state index contributed by atoms with van der Waals surface area (Å²) in [5.41, 5.74) is -27.9. The zero-order valence-corrected chi connectivity index (χ0v) is 38.3. The van der Waals surface area contributed by atoms with E-state index in [1.807, 2.05) is 42.5 Å². The van der Waals surface area contributed by atoms with Crippen LogP contribution in [0.3, 0.4) is 0 Å². The highest BCUT2D eigenvalue weighted by molar-refractivity contribution is 7.20. The van der Waals surface area contributed by atoms with Crippen LogP contribution in [0.2, 0.25) is 10.2 Å². The average Bonchev–Trinajstić information content (AvgIpc) is 3.28. The van der Waals surface area contributed by atoms with Gasteiger partial charge < -0.3 is 0 Å². The smallest absolute Gasteiger partial charge is 0.194 e. The van der Waals surface area contributed by atoms with Gasteiger partial charge in [-0.1, -0.05) is 103 Å². The average molecular weight is 1150 g/mol. The van der Waals surface area contributed by atoms with Crippen LogP contribution in [-0.2, 0) is 56.0 Å². The maximum atomic E-state index is 14.2. The lowest BCUT2D eigenvalue weighted by Gasteiger charge is -2.46. The highest BCUT2D eigenvalue weighted by Gasteiger charge is 2.47. The van der Waals surface area contributed by atoms with E-state index >= 15 is 0 Å². The largest absolute Gasteiger partial charge is 0.416 e. The van der Waals surface area contributed by atoms with E-state index in [-0.39, 0.29) is 0 Å². The predicted molar refractivity (Wildman–Crippen MR) is 230 cm³/mol. The minimum Gasteiger partial charge on any atom is -0.194 e. The summed E-state index contributed by atoms with van der Waals surface area (Å²) in [6.45, 7) is 0.733. The number of hydrogen-bond acceptors (Lipinski definition) is 0. The van der Waals surface area contributed by atoms with E-state index < -0.39 is 195 Å². The molecule has 0 radical (unpaired) electrons. The molecule has 7 rings (SSSR count). The summed E-state index contributed by atoms with van der Waals surface area (Å²) in [5, 5.41) is 2.35. The molecule has 0 N–H and O–H groups in total. The number of hydrogen-bond donors (Lipinski definition) is 0. The molecule has 0 unspecified atom stereocenters. The molecular weight excluding hydrogens is 1130 g/mol. The Morgan fingerprint density at radius 2 is 0.566 bits per heavy atom. The van der Waals surface area contributed by atoms with Gasteiger partial charge in [-0.2, -0.15) is 132 Å². The van der Waals surface area contributed by atoms with Gasteiger partial charge in [0.25, 0.3) is 5.15 Å². The van der Waals surface area contributed by atoms with Crippen LogP contribution in [0.1, 0.15) is 50.1 Å². The summed E-state index contributed by atoms with van der Waals surface area (Å²) in [7, 11) is 0. The summed E-state index contributed by atoms with van der Waals surface area (Å²) in [6.07, 6.45) is -54.8. The van der Waals surface area contributed by atoms with Crippen molar-refractivity contribution in [1.29, 1.82) is 0 Å². The lowest BCUT2D eigenvalue weighted by Crippen LogP contribution is -2.75. The zero-order chi connectivity index (χ0) is 57.2. The van der Waals surface area contributed by atoms with Crippen LogP contribution < -0.4 is 26.4 Å². The molecule has 6 aromatic carbocycles. The second-order valence-corrected chi connectivity index (χ2v) is 17.4. The third kappa shape index (κ3) is 12.9. The van der Waals surface area contributed by atoms with Crippen LogP contribution >= 0.6 is 23.2 Å². The summed E-state index contributed by atoms with van der Waals surface area (Å²) in [5.74, 6) is 0. The Morgan fingerprint density at radius 3 is 0.829 bits per heavy atom. The number of halogens is 26. The van der Waals surface area contributed by atoms with Crippen LogP contribution in [0.15, 0.2) is 133 Å². The number of fused-ring (bicyclic) bond motifs is 1. The Morgan fingerprint density at radius 1 is 0.316 bits per heavy atom. The molecule has 0 saturated carbocycles. The van der Waals surface area contributed by atoms with Crippen molar-refractivity contribution in [2.24, 2.45) is 0 Å². The first-order valence-corrected chi connectivity index (χ1v) is 21.4. The van der Waals surface area contributed by atoms with Crippen LogP contribution in [0.5, 0.6) is 0 Å². The van der Waals surface area contributed by atoms with Crippen LogP contribution in [0.25, 0.3) is 10.9 Å². The number of para-hydroxylation sites is 1. The number of pyridine rings is 1. The van der Waals surface area contributed by atoms with Gasteiger partial charge in [0.2, 0.25) is 5.52 Å². The van der Waals surface area contributed by atoms with Crippen molar-refractivity contribution >= 4 is 62.1 Å². The second-order valence-electron chi connectivity index (χ2n) is 16.6. The fraction of sp³-hybridized carbons (Fsp3) is 0.188. The van der Waals surface area contributed by atoms with E-state index in [0.29, 0.717) is 10.2 Å². The molecule has 0 spiro atoms. The van der Waals surface area contributed by atoms with E-state index in [1.165, 1.54) is 5.56 Å². The number of nitrogens with zero attached hydrogens (tertiary/aromatic N) is 1. The maximum Gasteiger partial charge on any atom is 0.416 e. The molecule has 76 heavy (non-hydrogen) atoms. The van der Waals surface area contributed by atoms with Crippen molar-refractivity contribution < 1.29 is 110 Å². The van der Waals surface area contributed by atoms with Gasteiger partial charge in [0.15, 0.2) is 6.54 Å². The topological polar surface area (TPSA) is 3.88 Å². The molecular formula is C48H24BCl2F24N. The molecule has 1 heterocycles. The molecule has 1 aromatic heterocycles. The molecule has 0 aliphatic heterocycles. The quantitative estimate of drug-likeness (QED) is 0.0676. The number of aromatic nitrogens is 1. The van der Waals surface area contributed by atoms with Crippen molar-refractivity contribution in [3.8, 4) is 0 Å². The number of benzene rings is 6. The molecule has 0 bridgehead atoms. The predicted octanol–water partition coefficient (Wildman–Crippen LogP) is 15.7. The minimum atomic E-state index is -6.13. The minimum absolute atomic E-state index is 0.646. The fourth-order valence-corrected chi connectivity index (χ4v) is 8.86. The highest BCUT2D eigenvalue weighted by atomic mass is 35.5. The molecule has 0 fully saturated rings. The van der Waals surface area contributed by atoms with Gasteiger partial charge in [0, 0.05) is 17.7 Å². The first kappa shape index (κ1) is 58.9. The molecule has 406 valence electrons. The van der Waals surface area contributed by atoms with E-state index in [4.69, 9.17) is 23.2 Å². The summed E-state index contributed by atoms with van der Waals surface area (Å²) in [4.78, 5) is 0. The van der Waals surface area contributed by atoms with Crippen molar-refractivity contribution in [3.05, 3.63) is 194 Å². The van der Waals surface area contributed by atoms with Crippen LogP contribution in [-0.4, -0.2) is 6.15 Å². The Labute approximate surface area is 420 Å². The summed E-state index contributed by atoms with van der Waals surface area (Å²) < 4.78 is 343. The van der Waals surface area contributed by atoms with Crippen molar-refractivity contribution in [1.82, 2.24) is 0 Å². The molecule has 28 heteroatoms. The summed E-state index contributed by atoms with van der Waals surface area (Å²) in [6, 6.07) is 11.3. The molecule has 7 aromatic rings. The molecule has 1 nitrogen and oxygen atoms in total. The second kappa shape index (κ2) is 20.2. The molecule has 0 aliphatic carbocycles. The lowest BCUT2D eigenvalue weighted by molar-refractivity contribution is -0.660. The Bertz CT molecular complexity index is 2820. The molecule has 0 saturated heterocycles. The van der Waals surface area contributed by atoms with Crippen molar-refractivity contribution in [3.63, 3.8) is 0 Å². The first-order chi connectivity index (χ1) is 34.5. The third-order valence-electron chi connectivity index (χ3n) is 11.6. The van der Waals surface area contributed by atoms with E-state index in [9.17, 15) is 105 Å². The monoisotopic (exact) mass is 1150 g/mol.